The topological polar surface area (TPSA) is 66.4 Å². The average molecular weight is 495 g/mol. The van der Waals surface area contributed by atoms with E-state index in [1.807, 2.05) is 12.1 Å². The van der Waals surface area contributed by atoms with Crippen LogP contribution in [0.1, 0.15) is 85.6 Å². The first-order valence-electron chi connectivity index (χ1n) is 12.3. The van der Waals surface area contributed by atoms with E-state index in [1.165, 1.54) is 29.5 Å². The fourth-order valence-corrected chi connectivity index (χ4v) is 6.17. The fourth-order valence-electron chi connectivity index (χ4n) is 3.82. The molecule has 4 rings (SSSR count). The number of hydrogen-bond donors (Lipinski definition) is 2. The van der Waals surface area contributed by atoms with Crippen molar-refractivity contribution in [1.29, 1.82) is 0 Å². The summed E-state index contributed by atoms with van der Waals surface area (Å²) in [6, 6.07) is 8.23. The summed E-state index contributed by atoms with van der Waals surface area (Å²) < 4.78 is 0. The minimum Gasteiger partial charge on any atom is -0.321 e. The predicted molar refractivity (Wildman–Crippen MR) is 147 cm³/mol. The highest BCUT2D eigenvalue weighted by Crippen LogP contribution is 2.42. The average Bonchev–Trinajstić information content (AvgIpc) is 3.55. The van der Waals surface area contributed by atoms with Crippen LogP contribution >= 0.6 is 19.9 Å². The number of hydrogen-bond acceptors (Lipinski definition) is 5. The lowest BCUT2D eigenvalue weighted by Crippen LogP contribution is -2.30. The number of rotatable bonds is 9. The van der Waals surface area contributed by atoms with E-state index in [-0.39, 0.29) is 17.7 Å². The van der Waals surface area contributed by atoms with Gasteiger partial charge in [-0.3, -0.25) is 15.1 Å². The molecule has 1 aromatic carbocycles. The molecule has 5 nitrogen and oxygen atoms in total. The lowest BCUT2D eigenvalue weighted by molar-refractivity contribution is 0.103. The number of amides is 1. The van der Waals surface area contributed by atoms with Crippen molar-refractivity contribution in [2.24, 2.45) is 10.9 Å². The van der Waals surface area contributed by atoms with Crippen molar-refractivity contribution >= 4 is 37.7 Å². The molecule has 3 atom stereocenters. The third kappa shape index (κ3) is 6.71. The Bertz CT molecular complexity index is 1100. The van der Waals surface area contributed by atoms with E-state index < -0.39 is 0 Å². The maximum absolute atomic E-state index is 12.7. The molecule has 0 bridgehead atoms. The number of thiazole rings is 1. The number of carbonyl (C=O) groups excluding carboxylic acids is 1. The Morgan fingerprint density at radius 3 is 2.82 bits per heavy atom. The summed E-state index contributed by atoms with van der Waals surface area (Å²) in [6.45, 7) is 8.82. The van der Waals surface area contributed by atoms with Crippen molar-refractivity contribution in [2.75, 3.05) is 5.32 Å². The summed E-state index contributed by atoms with van der Waals surface area (Å²) in [5.41, 5.74) is 3.08. The van der Waals surface area contributed by atoms with Crippen molar-refractivity contribution in [3.8, 4) is 0 Å². The highest BCUT2D eigenvalue weighted by molar-refractivity contribution is 7.45. The number of nitrogens with one attached hydrogen (secondary N) is 2. The standard InChI is InChI=1S/C27H35N4OPS/c1-5-7-22-23(13-10-17(2)3)33-25(16-28-22)30-18(4)20-8-6-9-21(14-20)31-26(32)24-15-29-27(34-24)19-11-12-19/h6-9,13-19,25,30,33H,5,10-12H2,1-4H3,(H,31,32)/b22-7+,23-13-. The van der Waals surface area contributed by atoms with Gasteiger partial charge in [-0.15, -0.1) is 11.3 Å². The molecule has 1 aromatic heterocycles. The molecule has 0 spiro atoms. The first-order valence-corrected chi connectivity index (χ1v) is 14.2. The van der Waals surface area contributed by atoms with Gasteiger partial charge >= 0.3 is 0 Å². The second-order valence-corrected chi connectivity index (χ2v) is 12.0. The highest BCUT2D eigenvalue weighted by Gasteiger charge is 2.27. The molecule has 3 unspecified atom stereocenters. The van der Waals surface area contributed by atoms with Crippen molar-refractivity contribution < 1.29 is 4.79 Å². The minimum atomic E-state index is -0.0850. The quantitative estimate of drug-likeness (QED) is 0.361. The third-order valence-corrected chi connectivity index (χ3v) is 8.45. The molecule has 0 saturated heterocycles. The van der Waals surface area contributed by atoms with Crippen LogP contribution in [-0.2, 0) is 0 Å². The summed E-state index contributed by atoms with van der Waals surface area (Å²) in [5, 5.41) is 9.22. The molecular formula is C27H35N4OPS. The Hall–Kier alpha value is -2.14. The zero-order valence-electron chi connectivity index (χ0n) is 20.5. The molecule has 1 fully saturated rings. The zero-order valence-corrected chi connectivity index (χ0v) is 22.3. The van der Waals surface area contributed by atoms with Crippen LogP contribution in [0.4, 0.5) is 5.69 Å². The Morgan fingerprint density at radius 1 is 1.26 bits per heavy atom. The summed E-state index contributed by atoms with van der Waals surface area (Å²) in [6.07, 6.45) is 12.8. The van der Waals surface area contributed by atoms with Gasteiger partial charge < -0.3 is 5.32 Å². The summed E-state index contributed by atoms with van der Waals surface area (Å²) in [5.74, 6) is 1.33. The van der Waals surface area contributed by atoms with Crippen molar-refractivity contribution in [3.05, 3.63) is 69.1 Å². The molecule has 0 radical (unpaired) electrons. The van der Waals surface area contributed by atoms with E-state index in [1.54, 1.807) is 6.20 Å². The van der Waals surface area contributed by atoms with E-state index in [2.05, 4.69) is 73.8 Å². The summed E-state index contributed by atoms with van der Waals surface area (Å²) >= 11 is 1.51. The summed E-state index contributed by atoms with van der Waals surface area (Å²) in [4.78, 5) is 22.6. The van der Waals surface area contributed by atoms with Crippen LogP contribution < -0.4 is 10.6 Å². The minimum absolute atomic E-state index is 0.0850. The van der Waals surface area contributed by atoms with E-state index in [0.717, 1.165) is 34.8 Å². The van der Waals surface area contributed by atoms with Crippen molar-refractivity contribution in [2.45, 2.75) is 71.1 Å². The maximum Gasteiger partial charge on any atom is 0.267 e. The summed E-state index contributed by atoms with van der Waals surface area (Å²) in [7, 11) is 0.648. The first-order chi connectivity index (χ1) is 16.4. The monoisotopic (exact) mass is 494 g/mol. The maximum atomic E-state index is 12.7. The van der Waals surface area contributed by atoms with Crippen molar-refractivity contribution in [1.82, 2.24) is 10.3 Å². The van der Waals surface area contributed by atoms with E-state index in [4.69, 9.17) is 4.99 Å². The number of allylic oxidation sites excluding steroid dienone is 3. The van der Waals surface area contributed by atoms with Gasteiger partial charge in [0, 0.05) is 23.9 Å². The highest BCUT2D eigenvalue weighted by atomic mass is 32.1. The molecule has 2 N–H and O–H groups in total. The second kappa shape index (κ2) is 11.5. The number of nitrogens with zero attached hydrogens (tertiary/aromatic N) is 2. The van der Waals surface area contributed by atoms with Crippen molar-refractivity contribution in [3.63, 3.8) is 0 Å². The van der Waals surface area contributed by atoms with E-state index >= 15 is 0 Å². The van der Waals surface area contributed by atoms with Gasteiger partial charge in [-0.05, 0) is 61.5 Å². The second-order valence-electron chi connectivity index (χ2n) is 9.45. The molecular weight excluding hydrogens is 459 g/mol. The molecule has 2 aromatic rings. The normalized spacial score (nSPS) is 22.1. The Morgan fingerprint density at radius 2 is 2.09 bits per heavy atom. The van der Waals surface area contributed by atoms with Gasteiger partial charge in [-0.2, -0.15) is 0 Å². The molecule has 1 aliphatic carbocycles. The van der Waals surface area contributed by atoms with E-state index in [9.17, 15) is 4.79 Å². The van der Waals surface area contributed by atoms with Gasteiger partial charge in [-0.25, -0.2) is 4.98 Å². The van der Waals surface area contributed by atoms with Crippen LogP contribution in [0.3, 0.4) is 0 Å². The number of aliphatic imine (C=N–C) groups is 1. The molecule has 180 valence electrons. The van der Waals surface area contributed by atoms with Gasteiger partial charge in [0.15, 0.2) is 0 Å². The molecule has 7 heteroatoms. The van der Waals surface area contributed by atoms with Gasteiger partial charge in [0.1, 0.15) is 4.88 Å². The SMILES string of the molecule is CC/C=C1/N=CC(NC(C)c2cccc(NC(=O)c3cnc(C4CC4)s3)c2)P/C1=C\CC(C)C. The Labute approximate surface area is 209 Å². The smallest absolute Gasteiger partial charge is 0.267 e. The largest absolute Gasteiger partial charge is 0.321 e. The first kappa shape index (κ1) is 25.0. The van der Waals surface area contributed by atoms with Crippen LogP contribution in [0.5, 0.6) is 0 Å². The van der Waals surface area contributed by atoms with Gasteiger partial charge in [-0.1, -0.05) is 53.6 Å². The molecule has 2 aliphatic rings. The molecule has 34 heavy (non-hydrogen) atoms. The number of aromatic nitrogens is 1. The van der Waals surface area contributed by atoms with Crippen LogP contribution in [0.2, 0.25) is 0 Å². The lowest BCUT2D eigenvalue weighted by atomic mass is 10.1. The Kier molecular flexibility index (Phi) is 8.46. The van der Waals surface area contributed by atoms with Gasteiger partial charge in [0.2, 0.25) is 0 Å². The van der Waals surface area contributed by atoms with Crippen LogP contribution in [-0.4, -0.2) is 22.9 Å². The van der Waals surface area contributed by atoms with Crippen LogP contribution in [0, 0.1) is 5.92 Å². The Balaban J connectivity index is 1.40. The zero-order chi connectivity index (χ0) is 24.1. The van der Waals surface area contributed by atoms with Crippen LogP contribution in [0.25, 0.3) is 0 Å². The van der Waals surface area contributed by atoms with Gasteiger partial charge in [0.05, 0.1) is 22.7 Å². The fraction of sp³-hybridized carbons (Fsp3) is 0.444. The van der Waals surface area contributed by atoms with E-state index in [0.29, 0.717) is 25.3 Å². The molecule has 2 heterocycles. The van der Waals surface area contributed by atoms with Gasteiger partial charge in [0.25, 0.3) is 5.91 Å². The number of benzene rings is 1. The lowest BCUT2D eigenvalue weighted by Gasteiger charge is -2.26. The molecule has 1 amide bonds. The number of anilines is 1. The third-order valence-electron chi connectivity index (χ3n) is 5.89. The van der Waals surface area contributed by atoms with Crippen LogP contribution in [0.15, 0.2) is 58.6 Å². The molecule has 1 saturated carbocycles. The number of carbonyl (C=O) groups is 1. The molecule has 1 aliphatic heterocycles. The predicted octanol–water partition coefficient (Wildman–Crippen LogP) is 7.24.